The van der Waals surface area contributed by atoms with Gasteiger partial charge in [-0.2, -0.15) is 0 Å². The van der Waals surface area contributed by atoms with Gasteiger partial charge in [-0.05, 0) is 24.6 Å². The zero-order chi connectivity index (χ0) is 13.6. The summed E-state index contributed by atoms with van der Waals surface area (Å²) in [7, 11) is 0. The van der Waals surface area contributed by atoms with E-state index in [1.165, 1.54) is 5.56 Å². The van der Waals surface area contributed by atoms with Crippen LogP contribution in [-0.4, -0.2) is 37.1 Å². The van der Waals surface area contributed by atoms with E-state index in [1.54, 1.807) is 0 Å². The normalized spacial score (nSPS) is 18.2. The van der Waals surface area contributed by atoms with Crippen molar-refractivity contribution in [3.8, 4) is 5.75 Å². The standard InChI is InChI=1S/C15H23NO3/c1-2-19-14-5-3-4-13(10-14)11-16-12-15(17)6-8-18-9-7-15/h3-5,10,16-17H,2,6-9,11-12H2,1H3. The molecule has 2 rings (SSSR count). The van der Waals surface area contributed by atoms with Gasteiger partial charge in [-0.25, -0.2) is 0 Å². The molecule has 0 bridgehead atoms. The maximum atomic E-state index is 10.3. The van der Waals surface area contributed by atoms with Crippen molar-refractivity contribution in [2.24, 2.45) is 0 Å². The number of rotatable bonds is 6. The average Bonchev–Trinajstić information content (AvgIpc) is 2.40. The Balaban J connectivity index is 1.80. The van der Waals surface area contributed by atoms with Crippen molar-refractivity contribution in [2.75, 3.05) is 26.4 Å². The highest BCUT2D eigenvalue weighted by molar-refractivity contribution is 5.28. The molecule has 106 valence electrons. The van der Waals surface area contributed by atoms with Gasteiger partial charge in [0.15, 0.2) is 0 Å². The predicted molar refractivity (Wildman–Crippen MR) is 74.3 cm³/mol. The Morgan fingerprint density at radius 1 is 1.37 bits per heavy atom. The minimum Gasteiger partial charge on any atom is -0.494 e. The molecule has 4 heteroatoms. The van der Waals surface area contributed by atoms with E-state index >= 15 is 0 Å². The minimum absolute atomic E-state index is 0.606. The second-order valence-corrected chi connectivity index (χ2v) is 5.02. The third-order valence-corrected chi connectivity index (χ3v) is 3.42. The molecule has 0 aromatic heterocycles. The molecular weight excluding hydrogens is 242 g/mol. The Labute approximate surface area is 114 Å². The summed E-state index contributed by atoms with van der Waals surface area (Å²) in [5, 5.41) is 13.6. The van der Waals surface area contributed by atoms with Crippen LogP contribution in [0, 0.1) is 0 Å². The van der Waals surface area contributed by atoms with Crippen LogP contribution >= 0.6 is 0 Å². The molecular formula is C15H23NO3. The fraction of sp³-hybridized carbons (Fsp3) is 0.600. The first kappa shape index (κ1) is 14.3. The fourth-order valence-corrected chi connectivity index (χ4v) is 2.28. The van der Waals surface area contributed by atoms with Crippen molar-refractivity contribution in [1.29, 1.82) is 0 Å². The van der Waals surface area contributed by atoms with E-state index in [2.05, 4.69) is 11.4 Å². The Morgan fingerprint density at radius 3 is 2.89 bits per heavy atom. The molecule has 4 nitrogen and oxygen atoms in total. The summed E-state index contributed by atoms with van der Waals surface area (Å²) < 4.78 is 10.7. The topological polar surface area (TPSA) is 50.7 Å². The van der Waals surface area contributed by atoms with Gasteiger partial charge >= 0.3 is 0 Å². The fourth-order valence-electron chi connectivity index (χ4n) is 2.28. The molecule has 1 aliphatic heterocycles. The third kappa shape index (κ3) is 4.49. The predicted octanol–water partition coefficient (Wildman–Crippen LogP) is 1.72. The SMILES string of the molecule is CCOc1cccc(CNCC2(O)CCOCC2)c1. The molecule has 1 saturated heterocycles. The van der Waals surface area contributed by atoms with Crippen LogP contribution in [-0.2, 0) is 11.3 Å². The lowest BCUT2D eigenvalue weighted by Crippen LogP contribution is -2.44. The summed E-state index contributed by atoms with van der Waals surface area (Å²) >= 11 is 0. The van der Waals surface area contributed by atoms with Crippen LogP contribution in [0.25, 0.3) is 0 Å². The summed E-state index contributed by atoms with van der Waals surface area (Å²) in [4.78, 5) is 0. The molecule has 0 atom stereocenters. The van der Waals surface area contributed by atoms with E-state index in [0.717, 1.165) is 12.3 Å². The average molecular weight is 265 g/mol. The van der Waals surface area contributed by atoms with E-state index in [0.29, 0.717) is 39.2 Å². The highest BCUT2D eigenvalue weighted by Gasteiger charge is 2.28. The first-order valence-corrected chi connectivity index (χ1v) is 6.94. The van der Waals surface area contributed by atoms with Gasteiger partial charge < -0.3 is 19.9 Å². The van der Waals surface area contributed by atoms with E-state index < -0.39 is 5.60 Å². The van der Waals surface area contributed by atoms with E-state index in [-0.39, 0.29) is 0 Å². The molecule has 0 saturated carbocycles. The molecule has 0 amide bonds. The van der Waals surface area contributed by atoms with Gasteiger partial charge in [-0.15, -0.1) is 0 Å². The number of nitrogens with one attached hydrogen (secondary N) is 1. The minimum atomic E-state index is -0.615. The van der Waals surface area contributed by atoms with Crippen molar-refractivity contribution in [1.82, 2.24) is 5.32 Å². The van der Waals surface area contributed by atoms with Crippen LogP contribution in [0.2, 0.25) is 0 Å². The van der Waals surface area contributed by atoms with Gasteiger partial charge in [0.05, 0.1) is 12.2 Å². The number of hydrogen-bond acceptors (Lipinski definition) is 4. The van der Waals surface area contributed by atoms with E-state index in [9.17, 15) is 5.11 Å². The smallest absolute Gasteiger partial charge is 0.119 e. The van der Waals surface area contributed by atoms with Crippen molar-refractivity contribution in [3.63, 3.8) is 0 Å². The second-order valence-electron chi connectivity index (χ2n) is 5.02. The van der Waals surface area contributed by atoms with Crippen molar-refractivity contribution in [2.45, 2.75) is 31.9 Å². The number of benzene rings is 1. The van der Waals surface area contributed by atoms with Crippen molar-refractivity contribution < 1.29 is 14.6 Å². The number of ether oxygens (including phenoxy) is 2. The molecule has 0 radical (unpaired) electrons. The van der Waals surface area contributed by atoms with Gasteiger partial charge in [-0.1, -0.05) is 12.1 Å². The first-order chi connectivity index (χ1) is 9.22. The molecule has 0 spiro atoms. The molecule has 1 aliphatic rings. The Kier molecular flexibility index (Phi) is 5.19. The van der Waals surface area contributed by atoms with Crippen LogP contribution in [0.3, 0.4) is 0 Å². The summed E-state index contributed by atoms with van der Waals surface area (Å²) in [6.45, 7) is 5.30. The Hall–Kier alpha value is -1.10. The lowest BCUT2D eigenvalue weighted by Gasteiger charge is -2.32. The molecule has 1 fully saturated rings. The maximum Gasteiger partial charge on any atom is 0.119 e. The quantitative estimate of drug-likeness (QED) is 0.822. The van der Waals surface area contributed by atoms with Crippen LogP contribution in [0.5, 0.6) is 5.75 Å². The van der Waals surface area contributed by atoms with Crippen LogP contribution in [0.4, 0.5) is 0 Å². The summed E-state index contributed by atoms with van der Waals surface area (Å²) in [5.41, 5.74) is 0.553. The Morgan fingerprint density at radius 2 is 2.16 bits per heavy atom. The molecule has 0 aliphatic carbocycles. The zero-order valence-electron chi connectivity index (χ0n) is 11.5. The van der Waals surface area contributed by atoms with Crippen molar-refractivity contribution >= 4 is 0 Å². The van der Waals surface area contributed by atoms with Gasteiger partial charge in [0.2, 0.25) is 0 Å². The van der Waals surface area contributed by atoms with Crippen LogP contribution in [0.15, 0.2) is 24.3 Å². The summed E-state index contributed by atoms with van der Waals surface area (Å²) in [6, 6.07) is 8.04. The van der Waals surface area contributed by atoms with Gasteiger partial charge in [0.1, 0.15) is 5.75 Å². The lowest BCUT2D eigenvalue weighted by molar-refractivity contribution is -0.0617. The number of aliphatic hydroxyl groups is 1. The van der Waals surface area contributed by atoms with Crippen molar-refractivity contribution in [3.05, 3.63) is 29.8 Å². The lowest BCUT2D eigenvalue weighted by atomic mass is 9.94. The van der Waals surface area contributed by atoms with E-state index in [1.807, 2.05) is 25.1 Å². The molecule has 19 heavy (non-hydrogen) atoms. The van der Waals surface area contributed by atoms with Gasteiger partial charge in [0.25, 0.3) is 0 Å². The maximum absolute atomic E-state index is 10.3. The van der Waals surface area contributed by atoms with Gasteiger partial charge in [-0.3, -0.25) is 0 Å². The van der Waals surface area contributed by atoms with Crippen LogP contribution < -0.4 is 10.1 Å². The monoisotopic (exact) mass is 265 g/mol. The van der Waals surface area contributed by atoms with Crippen LogP contribution in [0.1, 0.15) is 25.3 Å². The summed E-state index contributed by atoms with van der Waals surface area (Å²) in [6.07, 6.45) is 1.41. The molecule has 1 aromatic carbocycles. The zero-order valence-corrected chi connectivity index (χ0v) is 11.5. The second kappa shape index (κ2) is 6.89. The van der Waals surface area contributed by atoms with Gasteiger partial charge in [0, 0.05) is 39.1 Å². The third-order valence-electron chi connectivity index (χ3n) is 3.42. The molecule has 0 unspecified atom stereocenters. The molecule has 1 heterocycles. The van der Waals surface area contributed by atoms with E-state index in [4.69, 9.17) is 9.47 Å². The molecule has 2 N–H and O–H groups in total. The highest BCUT2D eigenvalue weighted by Crippen LogP contribution is 2.19. The first-order valence-electron chi connectivity index (χ1n) is 6.94. The summed E-state index contributed by atoms with van der Waals surface area (Å²) in [5.74, 6) is 0.895. The molecule has 1 aromatic rings. The highest BCUT2D eigenvalue weighted by atomic mass is 16.5. The number of hydrogen-bond donors (Lipinski definition) is 2. The Bertz CT molecular complexity index is 389. The largest absolute Gasteiger partial charge is 0.494 e.